The Morgan fingerprint density at radius 3 is 1.63 bits per heavy atom. The molecular formula is C29H58NO4P. The summed E-state index contributed by atoms with van der Waals surface area (Å²) in [5, 5.41) is 0. The second-order valence-corrected chi connectivity index (χ2v) is 11.3. The van der Waals surface area contributed by atoms with Crippen LogP contribution in [-0.2, 0) is 18.1 Å². The molecule has 1 fully saturated rings. The Kier molecular flexibility index (Phi) is 25.0. The minimum Gasteiger partial charge on any atom is -0.292 e. The van der Waals surface area contributed by atoms with Gasteiger partial charge in [-0.25, -0.2) is 4.57 Å². The fourth-order valence-electron chi connectivity index (χ4n) is 4.44. The molecule has 0 aromatic heterocycles. The minimum atomic E-state index is -3.45. The first-order valence-corrected chi connectivity index (χ1v) is 16.2. The maximum absolute atomic E-state index is 12.7. The van der Waals surface area contributed by atoms with E-state index in [0.29, 0.717) is 13.2 Å². The van der Waals surface area contributed by atoms with E-state index in [2.05, 4.69) is 17.7 Å². The number of piperidine rings is 1. The van der Waals surface area contributed by atoms with Crippen molar-refractivity contribution in [1.29, 1.82) is 0 Å². The molecule has 1 rings (SSSR count). The van der Waals surface area contributed by atoms with Crippen LogP contribution in [0.15, 0.2) is 0 Å². The van der Waals surface area contributed by atoms with Crippen molar-refractivity contribution >= 4 is 7.82 Å². The van der Waals surface area contributed by atoms with Crippen LogP contribution in [0.3, 0.4) is 0 Å². The van der Waals surface area contributed by atoms with E-state index in [9.17, 15) is 4.57 Å². The van der Waals surface area contributed by atoms with Gasteiger partial charge in [0, 0.05) is 20.2 Å². The number of hydrogen-bond acceptors (Lipinski definition) is 5. The van der Waals surface area contributed by atoms with Crippen molar-refractivity contribution in [2.45, 2.75) is 142 Å². The molecule has 0 aromatic carbocycles. The van der Waals surface area contributed by atoms with Crippen LogP contribution in [0.1, 0.15) is 136 Å². The highest BCUT2D eigenvalue weighted by molar-refractivity contribution is 7.48. The molecule has 35 heavy (non-hydrogen) atoms. The Morgan fingerprint density at radius 2 is 1.23 bits per heavy atom. The highest BCUT2D eigenvalue weighted by atomic mass is 31.2. The van der Waals surface area contributed by atoms with Crippen LogP contribution in [-0.4, -0.2) is 44.4 Å². The van der Waals surface area contributed by atoms with Crippen molar-refractivity contribution in [2.75, 3.05) is 33.4 Å². The monoisotopic (exact) mass is 515 g/mol. The molecule has 1 atom stereocenters. The first-order valence-electron chi connectivity index (χ1n) is 14.8. The zero-order valence-corrected chi connectivity index (χ0v) is 24.6. The predicted octanol–water partition coefficient (Wildman–Crippen LogP) is 9.16. The molecule has 1 unspecified atom stereocenters. The van der Waals surface area contributed by atoms with Crippen LogP contribution in [0.25, 0.3) is 0 Å². The maximum Gasteiger partial charge on any atom is 0.474 e. The van der Waals surface area contributed by atoms with Crippen LogP contribution >= 0.6 is 7.82 Å². The Hall–Kier alpha value is -0.370. The lowest BCUT2D eigenvalue weighted by Crippen LogP contribution is -2.36. The molecule has 5 nitrogen and oxygen atoms in total. The normalized spacial score (nSPS) is 16.3. The summed E-state index contributed by atoms with van der Waals surface area (Å²) in [6, 6.07) is 0. The number of unbranched alkanes of at least 4 members (excludes halogenated alkanes) is 15. The average molecular weight is 516 g/mol. The zero-order chi connectivity index (χ0) is 26.0. The largest absolute Gasteiger partial charge is 0.474 e. The summed E-state index contributed by atoms with van der Waals surface area (Å²) in [5.41, 5.74) is 0. The van der Waals surface area contributed by atoms with Gasteiger partial charge in [-0.2, -0.15) is 0 Å². The van der Waals surface area contributed by atoms with Gasteiger partial charge in [0.2, 0.25) is 0 Å². The predicted molar refractivity (Wildman–Crippen MR) is 151 cm³/mol. The van der Waals surface area contributed by atoms with Crippen molar-refractivity contribution in [3.63, 3.8) is 0 Å². The van der Waals surface area contributed by atoms with E-state index in [1.807, 2.05) is 13.8 Å². The summed E-state index contributed by atoms with van der Waals surface area (Å²) in [5.74, 6) is 2.67. The summed E-state index contributed by atoms with van der Waals surface area (Å²) in [6.45, 7) is 9.08. The third-order valence-corrected chi connectivity index (χ3v) is 8.10. The molecule has 0 aromatic rings. The van der Waals surface area contributed by atoms with Gasteiger partial charge >= 0.3 is 7.82 Å². The standard InChI is InChI=1S/C27H52NO4P.C2H6/c1-4-6-7-8-9-10-11-12-13-14-15-16-17-18-19-20-26-31-33(29,30-3)32-27-21-24-28(23-5-2)25-22-27;1-2/h2,27H,4,6-26H2,1,3H3;1-2H3. The number of nitrogens with zero attached hydrogens (tertiary/aromatic N) is 1. The van der Waals surface area contributed by atoms with E-state index in [1.54, 1.807) is 0 Å². The third kappa shape index (κ3) is 20.4. The van der Waals surface area contributed by atoms with Crippen molar-refractivity contribution in [3.05, 3.63) is 0 Å². The van der Waals surface area contributed by atoms with Gasteiger partial charge < -0.3 is 0 Å². The Balaban J connectivity index is 0.00000562. The average Bonchev–Trinajstić information content (AvgIpc) is 2.88. The molecule has 1 heterocycles. The zero-order valence-electron chi connectivity index (χ0n) is 23.7. The summed E-state index contributed by atoms with van der Waals surface area (Å²) in [4.78, 5) is 2.20. The summed E-state index contributed by atoms with van der Waals surface area (Å²) >= 11 is 0. The van der Waals surface area contributed by atoms with Crippen molar-refractivity contribution in [1.82, 2.24) is 4.90 Å². The van der Waals surface area contributed by atoms with E-state index in [-0.39, 0.29) is 6.10 Å². The van der Waals surface area contributed by atoms with E-state index in [4.69, 9.17) is 20.0 Å². The van der Waals surface area contributed by atoms with Crippen LogP contribution in [0.5, 0.6) is 0 Å². The molecule has 1 aliphatic rings. The van der Waals surface area contributed by atoms with E-state index in [1.165, 1.54) is 97.0 Å². The van der Waals surface area contributed by atoms with Crippen LogP contribution in [0, 0.1) is 12.3 Å². The van der Waals surface area contributed by atoms with Gasteiger partial charge in [-0.15, -0.1) is 6.42 Å². The molecule has 0 radical (unpaired) electrons. The third-order valence-electron chi connectivity index (χ3n) is 6.60. The lowest BCUT2D eigenvalue weighted by atomic mass is 10.0. The minimum absolute atomic E-state index is 0.0874. The molecule has 1 aliphatic heterocycles. The van der Waals surface area contributed by atoms with Crippen LogP contribution in [0.2, 0.25) is 0 Å². The number of likely N-dealkylation sites (tertiary alicyclic amines) is 1. The van der Waals surface area contributed by atoms with Gasteiger partial charge in [-0.05, 0) is 19.3 Å². The van der Waals surface area contributed by atoms with E-state index in [0.717, 1.165) is 38.8 Å². The highest BCUT2D eigenvalue weighted by Crippen LogP contribution is 2.50. The first-order chi connectivity index (χ1) is 17.1. The SMILES string of the molecule is C#CCN1CCC(OP(=O)(OC)OCCCCCCCCCCCCCCCCCC)CC1.CC. The fraction of sp³-hybridized carbons (Fsp3) is 0.931. The molecule has 6 heteroatoms. The van der Waals surface area contributed by atoms with E-state index < -0.39 is 7.82 Å². The number of phosphoric ester groups is 1. The molecule has 0 amide bonds. The number of terminal acetylenes is 1. The lowest BCUT2D eigenvalue weighted by Gasteiger charge is -2.31. The second kappa shape index (κ2) is 25.3. The first kappa shape index (κ1) is 34.6. The molecule has 0 bridgehead atoms. The Labute approximate surface area is 219 Å². The quantitative estimate of drug-likeness (QED) is 0.0817. The molecule has 0 N–H and O–H groups in total. The van der Waals surface area contributed by atoms with Gasteiger partial charge in [0.05, 0.1) is 19.3 Å². The Bertz CT molecular complexity index is 529. The molecule has 208 valence electrons. The Morgan fingerprint density at radius 1 is 0.800 bits per heavy atom. The summed E-state index contributed by atoms with van der Waals surface area (Å²) in [6.07, 6.45) is 28.2. The van der Waals surface area contributed by atoms with Gasteiger partial charge in [0.15, 0.2) is 0 Å². The molecule has 0 saturated carbocycles. The van der Waals surface area contributed by atoms with Gasteiger partial charge in [0.1, 0.15) is 0 Å². The van der Waals surface area contributed by atoms with Crippen molar-refractivity contribution in [3.8, 4) is 12.3 Å². The topological polar surface area (TPSA) is 48.0 Å². The number of rotatable bonds is 22. The van der Waals surface area contributed by atoms with Gasteiger partial charge in [-0.3, -0.25) is 18.5 Å². The number of hydrogen-bond donors (Lipinski definition) is 0. The van der Waals surface area contributed by atoms with E-state index >= 15 is 0 Å². The van der Waals surface area contributed by atoms with Gasteiger partial charge in [0.25, 0.3) is 0 Å². The van der Waals surface area contributed by atoms with Crippen LogP contribution < -0.4 is 0 Å². The molecular weight excluding hydrogens is 457 g/mol. The summed E-state index contributed by atoms with van der Waals surface area (Å²) in [7, 11) is -2.05. The lowest BCUT2D eigenvalue weighted by molar-refractivity contribution is 0.0531. The van der Waals surface area contributed by atoms with Crippen molar-refractivity contribution < 1.29 is 18.1 Å². The highest BCUT2D eigenvalue weighted by Gasteiger charge is 2.31. The summed E-state index contributed by atoms with van der Waals surface area (Å²) < 4.78 is 29.1. The van der Waals surface area contributed by atoms with Crippen LogP contribution in [0.4, 0.5) is 0 Å². The number of phosphoric acid groups is 1. The second-order valence-electron chi connectivity index (χ2n) is 9.55. The molecule has 1 saturated heterocycles. The smallest absolute Gasteiger partial charge is 0.292 e. The van der Waals surface area contributed by atoms with Crippen molar-refractivity contribution in [2.24, 2.45) is 0 Å². The fourth-order valence-corrected chi connectivity index (χ4v) is 5.62. The molecule has 0 aliphatic carbocycles. The molecule has 0 spiro atoms. The maximum atomic E-state index is 12.7. The van der Waals surface area contributed by atoms with Gasteiger partial charge in [-0.1, -0.05) is 123 Å².